The molecule has 9 heteroatoms. The third kappa shape index (κ3) is 4.09. The van der Waals surface area contributed by atoms with Crippen LogP contribution in [0.5, 0.6) is 0 Å². The van der Waals surface area contributed by atoms with E-state index in [1.807, 2.05) is 6.92 Å². The van der Waals surface area contributed by atoms with E-state index in [0.29, 0.717) is 12.3 Å². The molecule has 0 aliphatic heterocycles. The van der Waals surface area contributed by atoms with E-state index in [2.05, 4.69) is 10.3 Å². The molecule has 2 unspecified atom stereocenters. The van der Waals surface area contributed by atoms with Gasteiger partial charge in [-0.25, -0.2) is 4.98 Å². The van der Waals surface area contributed by atoms with Gasteiger partial charge in [-0.05, 0) is 18.4 Å². The van der Waals surface area contributed by atoms with E-state index < -0.39 is 30.2 Å². The summed E-state index contributed by atoms with van der Waals surface area (Å²) in [6.45, 7) is 1.35. The second-order valence-corrected chi connectivity index (χ2v) is 5.43. The molecular formula is C13H12ClF3N2O3. The van der Waals surface area contributed by atoms with Gasteiger partial charge in [-0.15, -0.1) is 0 Å². The van der Waals surface area contributed by atoms with Crippen molar-refractivity contribution in [3.63, 3.8) is 0 Å². The van der Waals surface area contributed by atoms with Gasteiger partial charge in [-0.2, -0.15) is 13.2 Å². The van der Waals surface area contributed by atoms with Crippen LogP contribution in [0.15, 0.2) is 12.3 Å². The summed E-state index contributed by atoms with van der Waals surface area (Å²) in [6.07, 6.45) is -3.29. The van der Waals surface area contributed by atoms with Crippen LogP contribution in [0.4, 0.5) is 19.0 Å². The molecule has 120 valence electrons. The van der Waals surface area contributed by atoms with Gasteiger partial charge in [0.05, 0.1) is 16.5 Å². The van der Waals surface area contributed by atoms with Gasteiger partial charge < -0.3 is 10.1 Å². The molecule has 1 heterocycles. The van der Waals surface area contributed by atoms with E-state index in [1.54, 1.807) is 0 Å². The van der Waals surface area contributed by atoms with Gasteiger partial charge >= 0.3 is 12.1 Å². The Kier molecular flexibility index (Phi) is 4.60. The number of amides is 1. The Labute approximate surface area is 128 Å². The summed E-state index contributed by atoms with van der Waals surface area (Å²) in [6, 6.07) is 0.655. The number of esters is 1. The van der Waals surface area contributed by atoms with Crippen molar-refractivity contribution in [3.8, 4) is 0 Å². The van der Waals surface area contributed by atoms with Gasteiger partial charge in [0.15, 0.2) is 12.4 Å². The van der Waals surface area contributed by atoms with Crippen LogP contribution >= 0.6 is 11.6 Å². The van der Waals surface area contributed by atoms with Gasteiger partial charge in [0, 0.05) is 6.20 Å². The Balaban J connectivity index is 1.90. The number of alkyl halides is 3. The fourth-order valence-electron chi connectivity index (χ4n) is 1.75. The number of hydrogen-bond donors (Lipinski definition) is 1. The molecular weight excluding hydrogens is 325 g/mol. The molecule has 2 atom stereocenters. The first-order valence-electron chi connectivity index (χ1n) is 6.37. The Morgan fingerprint density at radius 2 is 2.14 bits per heavy atom. The molecule has 1 N–H and O–H groups in total. The Hall–Kier alpha value is -1.83. The van der Waals surface area contributed by atoms with Gasteiger partial charge in [-0.1, -0.05) is 18.5 Å². The van der Waals surface area contributed by atoms with Gasteiger partial charge in [0.1, 0.15) is 0 Å². The van der Waals surface area contributed by atoms with Crippen LogP contribution in [0.2, 0.25) is 5.02 Å². The Morgan fingerprint density at radius 3 is 2.64 bits per heavy atom. The lowest BCUT2D eigenvalue weighted by Gasteiger charge is -2.10. The summed E-state index contributed by atoms with van der Waals surface area (Å²) in [5.74, 6) is -1.34. The number of nitrogens with one attached hydrogen (secondary N) is 1. The molecule has 0 spiro atoms. The Bertz CT molecular complexity index is 607. The monoisotopic (exact) mass is 336 g/mol. The zero-order valence-corrected chi connectivity index (χ0v) is 12.2. The largest absolute Gasteiger partial charge is 0.455 e. The molecule has 1 aromatic heterocycles. The molecule has 22 heavy (non-hydrogen) atoms. The predicted octanol–water partition coefficient (Wildman–Crippen LogP) is 2.89. The van der Waals surface area contributed by atoms with Crippen LogP contribution in [-0.4, -0.2) is 23.5 Å². The molecule has 5 nitrogen and oxygen atoms in total. The van der Waals surface area contributed by atoms with Gasteiger partial charge in [-0.3, -0.25) is 9.59 Å². The number of halogens is 4. The van der Waals surface area contributed by atoms with Crippen LogP contribution in [0.1, 0.15) is 18.9 Å². The molecule has 0 bridgehead atoms. The molecule has 1 aliphatic rings. The van der Waals surface area contributed by atoms with Gasteiger partial charge in [0.25, 0.3) is 5.91 Å². The maximum atomic E-state index is 12.4. The highest BCUT2D eigenvalue weighted by molar-refractivity contribution is 6.33. The fraction of sp³-hybridized carbons (Fsp3) is 0.462. The number of ether oxygens (including phenoxy) is 1. The minimum Gasteiger partial charge on any atom is -0.455 e. The summed E-state index contributed by atoms with van der Waals surface area (Å²) >= 11 is 5.64. The van der Waals surface area contributed by atoms with Crippen molar-refractivity contribution < 1.29 is 27.5 Å². The van der Waals surface area contributed by atoms with E-state index in [4.69, 9.17) is 16.3 Å². The first kappa shape index (κ1) is 16.5. The first-order valence-corrected chi connectivity index (χ1v) is 6.75. The molecule has 2 rings (SSSR count). The summed E-state index contributed by atoms with van der Waals surface area (Å²) in [5, 5.41) is 1.83. The smallest absolute Gasteiger partial charge is 0.417 e. The number of carbonyl (C=O) groups excluding carboxylic acids is 2. The fourth-order valence-corrected chi connectivity index (χ4v) is 1.96. The van der Waals surface area contributed by atoms with Crippen molar-refractivity contribution in [1.29, 1.82) is 0 Å². The molecule has 1 amide bonds. The van der Waals surface area contributed by atoms with Crippen molar-refractivity contribution in [2.45, 2.75) is 19.5 Å². The summed E-state index contributed by atoms with van der Waals surface area (Å²) < 4.78 is 42.1. The zero-order valence-electron chi connectivity index (χ0n) is 11.4. The normalized spacial score (nSPS) is 20.4. The van der Waals surface area contributed by atoms with Crippen LogP contribution in [0.25, 0.3) is 0 Å². The topological polar surface area (TPSA) is 68.3 Å². The third-order valence-corrected chi connectivity index (χ3v) is 3.47. The summed E-state index contributed by atoms with van der Waals surface area (Å²) in [7, 11) is 0. The second-order valence-electron chi connectivity index (χ2n) is 5.03. The Morgan fingerprint density at radius 1 is 1.50 bits per heavy atom. The molecule has 0 aromatic carbocycles. The molecule has 1 aliphatic carbocycles. The maximum Gasteiger partial charge on any atom is 0.417 e. The van der Waals surface area contributed by atoms with Crippen molar-refractivity contribution in [1.82, 2.24) is 4.98 Å². The van der Waals surface area contributed by atoms with Crippen LogP contribution in [0.3, 0.4) is 0 Å². The zero-order chi connectivity index (χ0) is 16.5. The van der Waals surface area contributed by atoms with E-state index in [0.717, 1.165) is 6.42 Å². The molecule has 1 fully saturated rings. The number of aromatic nitrogens is 1. The van der Waals surface area contributed by atoms with E-state index in [-0.39, 0.29) is 22.7 Å². The van der Waals surface area contributed by atoms with Gasteiger partial charge in [0.2, 0.25) is 0 Å². The highest BCUT2D eigenvalue weighted by Gasteiger charge is 2.40. The highest BCUT2D eigenvalue weighted by Crippen LogP contribution is 2.38. The van der Waals surface area contributed by atoms with E-state index in [1.165, 1.54) is 0 Å². The number of anilines is 1. The average molecular weight is 337 g/mol. The highest BCUT2D eigenvalue weighted by atomic mass is 35.5. The lowest BCUT2D eigenvalue weighted by molar-refractivity contribution is -0.148. The third-order valence-electron chi connectivity index (χ3n) is 3.18. The molecule has 1 saturated carbocycles. The molecule has 1 aromatic rings. The number of nitrogens with zero attached hydrogens (tertiary/aromatic N) is 1. The molecule has 0 saturated heterocycles. The number of carbonyl (C=O) groups is 2. The number of pyridine rings is 1. The summed E-state index contributed by atoms with van der Waals surface area (Å²) in [4.78, 5) is 26.4. The second kappa shape index (κ2) is 6.12. The van der Waals surface area contributed by atoms with Crippen molar-refractivity contribution in [3.05, 3.63) is 22.8 Å². The van der Waals surface area contributed by atoms with Crippen LogP contribution < -0.4 is 5.32 Å². The summed E-state index contributed by atoms with van der Waals surface area (Å²) in [5.41, 5.74) is -1.02. The number of hydrogen-bond acceptors (Lipinski definition) is 4. The van der Waals surface area contributed by atoms with Crippen LogP contribution in [0, 0.1) is 11.8 Å². The van der Waals surface area contributed by atoms with E-state index in [9.17, 15) is 22.8 Å². The molecule has 0 radical (unpaired) electrons. The van der Waals surface area contributed by atoms with Crippen molar-refractivity contribution >= 4 is 29.3 Å². The van der Waals surface area contributed by atoms with E-state index >= 15 is 0 Å². The SMILES string of the molecule is CC1CC1C(=O)OCC(=O)Nc1ncc(C(F)(F)F)cc1Cl. The first-order chi connectivity index (χ1) is 10.2. The quantitative estimate of drug-likeness (QED) is 0.858. The number of rotatable bonds is 4. The standard InChI is InChI=1S/C13H12ClF3N2O3/c1-6-2-8(6)12(21)22-5-10(20)19-11-9(14)3-7(4-18-11)13(15,16)17/h3-4,6,8H,2,5H2,1H3,(H,18,19,20). The van der Waals surface area contributed by atoms with Crippen molar-refractivity contribution in [2.75, 3.05) is 11.9 Å². The lowest BCUT2D eigenvalue weighted by Crippen LogP contribution is -2.22. The van der Waals surface area contributed by atoms with Crippen molar-refractivity contribution in [2.24, 2.45) is 11.8 Å². The maximum absolute atomic E-state index is 12.4. The average Bonchev–Trinajstić information content (AvgIpc) is 3.14. The minimum absolute atomic E-state index is 0.180. The lowest BCUT2D eigenvalue weighted by atomic mass is 10.3. The van der Waals surface area contributed by atoms with Crippen LogP contribution in [-0.2, 0) is 20.5 Å². The minimum atomic E-state index is -4.57. The predicted molar refractivity (Wildman–Crippen MR) is 71.1 cm³/mol.